The molecule has 0 spiro atoms. The molecular formula is C14H15F4N3S. The van der Waals surface area contributed by atoms with E-state index in [-0.39, 0.29) is 5.75 Å². The van der Waals surface area contributed by atoms with E-state index in [1.54, 1.807) is 13.0 Å². The maximum Gasteiger partial charge on any atom is 0.299 e. The van der Waals surface area contributed by atoms with Crippen LogP contribution in [0.2, 0.25) is 0 Å². The fraction of sp³-hybridized carbons (Fsp3) is 0.429. The van der Waals surface area contributed by atoms with Gasteiger partial charge in [-0.1, -0.05) is 6.07 Å². The van der Waals surface area contributed by atoms with Crippen molar-refractivity contribution < 1.29 is 17.6 Å². The van der Waals surface area contributed by atoms with Crippen LogP contribution in [-0.2, 0) is 0 Å². The van der Waals surface area contributed by atoms with E-state index >= 15 is 0 Å². The summed E-state index contributed by atoms with van der Waals surface area (Å²) in [6.07, 6.45) is -1.55. The molecule has 22 heavy (non-hydrogen) atoms. The van der Waals surface area contributed by atoms with Gasteiger partial charge in [0.25, 0.3) is 12.3 Å². The van der Waals surface area contributed by atoms with E-state index in [0.717, 1.165) is 29.8 Å². The van der Waals surface area contributed by atoms with Crippen molar-refractivity contribution in [3.8, 4) is 5.69 Å². The van der Waals surface area contributed by atoms with Crippen molar-refractivity contribution in [2.45, 2.75) is 38.0 Å². The van der Waals surface area contributed by atoms with Crippen molar-refractivity contribution in [2.24, 2.45) is 0 Å². The monoisotopic (exact) mass is 333 g/mol. The first-order valence-electron chi connectivity index (χ1n) is 6.49. The minimum atomic E-state index is -2.78. The molecule has 8 heteroatoms. The van der Waals surface area contributed by atoms with Crippen LogP contribution in [0.4, 0.5) is 17.6 Å². The fourth-order valence-corrected chi connectivity index (χ4v) is 2.81. The van der Waals surface area contributed by atoms with Crippen molar-refractivity contribution >= 4 is 11.8 Å². The summed E-state index contributed by atoms with van der Waals surface area (Å²) < 4.78 is 52.4. The molecule has 0 saturated heterocycles. The van der Waals surface area contributed by atoms with Gasteiger partial charge >= 0.3 is 0 Å². The number of alkyl halides is 4. The van der Waals surface area contributed by atoms with E-state index in [1.807, 2.05) is 13.0 Å². The van der Waals surface area contributed by atoms with Crippen LogP contribution in [0, 0.1) is 13.8 Å². The number of rotatable bonds is 5. The summed E-state index contributed by atoms with van der Waals surface area (Å²) in [6.45, 7) is 4.48. The number of hydrogen-bond donors (Lipinski definition) is 0. The van der Waals surface area contributed by atoms with Gasteiger partial charge in [0, 0.05) is 11.8 Å². The lowest BCUT2D eigenvalue weighted by Crippen LogP contribution is -2.13. The molecule has 3 nitrogen and oxygen atoms in total. The highest BCUT2D eigenvalue weighted by Crippen LogP contribution is 2.31. The summed E-state index contributed by atoms with van der Waals surface area (Å²) in [5.41, 5.74) is 2.20. The zero-order valence-electron chi connectivity index (χ0n) is 12.3. The second kappa shape index (κ2) is 6.28. The Morgan fingerprint density at radius 2 is 1.91 bits per heavy atom. The first kappa shape index (κ1) is 16.8. The third kappa shape index (κ3) is 4.00. The van der Waals surface area contributed by atoms with Gasteiger partial charge in [0.15, 0.2) is 0 Å². The highest BCUT2D eigenvalue weighted by molar-refractivity contribution is 7.99. The van der Waals surface area contributed by atoms with Gasteiger partial charge in [0.2, 0.25) is 5.82 Å². The number of hydrogen-bond acceptors (Lipinski definition) is 3. The second-order valence-electron chi connectivity index (χ2n) is 5.11. The number of thioether (sulfide) groups is 1. The van der Waals surface area contributed by atoms with E-state index in [1.165, 1.54) is 11.0 Å². The van der Waals surface area contributed by atoms with Gasteiger partial charge in [-0.05, 0) is 31.0 Å². The van der Waals surface area contributed by atoms with Gasteiger partial charge in [-0.2, -0.15) is 0 Å². The van der Waals surface area contributed by atoms with Crippen LogP contribution < -0.4 is 0 Å². The Labute approximate surface area is 129 Å². The average Bonchev–Trinajstić information content (AvgIpc) is 2.86. The Morgan fingerprint density at radius 3 is 2.45 bits per heavy atom. The minimum Gasteiger partial charge on any atom is -0.220 e. The SMILES string of the molecule is Cc1cc(C)c(-n2cnc(C(F)F)n2)cc1SCC(C)(F)F. The summed E-state index contributed by atoms with van der Waals surface area (Å²) in [7, 11) is 0. The largest absolute Gasteiger partial charge is 0.299 e. The fourth-order valence-electron chi connectivity index (χ4n) is 1.92. The predicted molar refractivity (Wildman–Crippen MR) is 77.1 cm³/mol. The lowest BCUT2D eigenvalue weighted by atomic mass is 10.1. The quantitative estimate of drug-likeness (QED) is 0.593. The first-order chi connectivity index (χ1) is 10.2. The van der Waals surface area contributed by atoms with Crippen molar-refractivity contribution in [3.05, 3.63) is 35.4 Å². The maximum atomic E-state index is 13.0. The average molecular weight is 333 g/mol. The van der Waals surface area contributed by atoms with E-state index in [9.17, 15) is 17.6 Å². The number of halogens is 4. The molecule has 0 aliphatic heterocycles. The molecule has 1 heterocycles. The topological polar surface area (TPSA) is 30.7 Å². The lowest BCUT2D eigenvalue weighted by molar-refractivity contribution is 0.0492. The molecule has 0 amide bonds. The molecule has 0 atom stereocenters. The highest BCUT2D eigenvalue weighted by Gasteiger charge is 2.22. The van der Waals surface area contributed by atoms with Crippen LogP contribution in [0.1, 0.15) is 30.3 Å². The van der Waals surface area contributed by atoms with Gasteiger partial charge in [-0.3, -0.25) is 0 Å². The van der Waals surface area contributed by atoms with Crippen molar-refractivity contribution in [2.75, 3.05) is 5.75 Å². The normalized spacial score (nSPS) is 12.2. The molecule has 0 aliphatic carbocycles. The Bertz CT molecular complexity index is 665. The molecule has 120 valence electrons. The predicted octanol–water partition coefficient (Wildman–Crippen LogP) is 4.57. The van der Waals surface area contributed by atoms with Gasteiger partial charge in [0.1, 0.15) is 6.33 Å². The van der Waals surface area contributed by atoms with Gasteiger partial charge < -0.3 is 0 Å². The van der Waals surface area contributed by atoms with Crippen LogP contribution >= 0.6 is 11.8 Å². The maximum absolute atomic E-state index is 13.0. The van der Waals surface area contributed by atoms with Gasteiger partial charge in [-0.15, -0.1) is 16.9 Å². The third-order valence-corrected chi connectivity index (χ3v) is 4.33. The standard InChI is InChI=1S/C14H15F4N3S/c1-8-4-9(2)11(22-6-14(3,17)18)5-10(8)21-7-19-13(20-21)12(15)16/h4-5,7,12H,6H2,1-3H3. The van der Waals surface area contributed by atoms with E-state index in [2.05, 4.69) is 10.1 Å². The Morgan fingerprint density at radius 1 is 1.23 bits per heavy atom. The molecular weight excluding hydrogens is 318 g/mol. The molecule has 0 bridgehead atoms. The van der Waals surface area contributed by atoms with E-state index in [4.69, 9.17) is 0 Å². The van der Waals surface area contributed by atoms with Crippen molar-refractivity contribution in [1.82, 2.24) is 14.8 Å². The van der Waals surface area contributed by atoms with E-state index in [0.29, 0.717) is 10.6 Å². The van der Waals surface area contributed by atoms with Gasteiger partial charge in [-0.25, -0.2) is 27.2 Å². The van der Waals surface area contributed by atoms with Crippen LogP contribution in [0.3, 0.4) is 0 Å². The Hall–Kier alpha value is -1.57. The third-order valence-electron chi connectivity index (χ3n) is 2.93. The lowest BCUT2D eigenvalue weighted by Gasteiger charge is -2.14. The summed E-state index contributed by atoms with van der Waals surface area (Å²) in [5.74, 6) is -3.69. The molecule has 0 aliphatic rings. The molecule has 0 radical (unpaired) electrons. The molecule has 2 aromatic rings. The molecule has 0 unspecified atom stereocenters. The molecule has 0 N–H and O–H groups in total. The van der Waals surface area contributed by atoms with Crippen molar-refractivity contribution in [1.29, 1.82) is 0 Å². The smallest absolute Gasteiger partial charge is 0.220 e. The highest BCUT2D eigenvalue weighted by atomic mass is 32.2. The summed E-state index contributed by atoms with van der Waals surface area (Å²) in [6, 6.07) is 3.49. The molecule has 1 aromatic heterocycles. The zero-order valence-corrected chi connectivity index (χ0v) is 13.1. The summed E-state index contributed by atoms with van der Waals surface area (Å²) in [5, 5.41) is 3.72. The first-order valence-corrected chi connectivity index (χ1v) is 7.48. The second-order valence-corrected chi connectivity index (χ2v) is 6.13. The molecule has 2 rings (SSSR count). The number of aromatic nitrogens is 3. The molecule has 1 aromatic carbocycles. The minimum absolute atomic E-state index is 0.351. The van der Waals surface area contributed by atoms with Crippen LogP contribution in [0.15, 0.2) is 23.4 Å². The summed E-state index contributed by atoms with van der Waals surface area (Å²) >= 11 is 1.02. The summed E-state index contributed by atoms with van der Waals surface area (Å²) in [4.78, 5) is 4.21. The number of nitrogens with zero attached hydrogens (tertiary/aromatic N) is 3. The van der Waals surface area contributed by atoms with Gasteiger partial charge in [0.05, 0.1) is 11.4 Å². The number of aryl methyl sites for hydroxylation is 2. The van der Waals surface area contributed by atoms with Crippen molar-refractivity contribution in [3.63, 3.8) is 0 Å². The van der Waals surface area contributed by atoms with E-state index < -0.39 is 18.2 Å². The zero-order chi connectivity index (χ0) is 16.5. The Kier molecular flexibility index (Phi) is 4.79. The number of benzene rings is 1. The molecule has 0 saturated carbocycles. The Balaban J connectivity index is 2.34. The van der Waals surface area contributed by atoms with Crippen LogP contribution in [0.25, 0.3) is 5.69 Å². The molecule has 0 fully saturated rings. The van der Waals surface area contributed by atoms with Crippen LogP contribution in [-0.4, -0.2) is 26.4 Å². The van der Waals surface area contributed by atoms with Crippen LogP contribution in [0.5, 0.6) is 0 Å².